The van der Waals surface area contributed by atoms with Gasteiger partial charge in [-0.2, -0.15) is 0 Å². The van der Waals surface area contributed by atoms with Gasteiger partial charge in [-0.15, -0.1) is 0 Å². The fraction of sp³-hybridized carbons (Fsp3) is 0.419. The second-order valence-electron chi connectivity index (χ2n) is 11.9. The van der Waals surface area contributed by atoms with Gasteiger partial charge in [-0.3, -0.25) is 9.59 Å². The Morgan fingerprint density at radius 2 is 1.73 bits per heavy atom. The van der Waals surface area contributed by atoms with Crippen molar-refractivity contribution in [2.45, 2.75) is 77.7 Å². The third-order valence-electron chi connectivity index (χ3n) is 8.36. The van der Waals surface area contributed by atoms with Gasteiger partial charge in [0.15, 0.2) is 20.4 Å². The summed E-state index contributed by atoms with van der Waals surface area (Å²) in [5.41, 5.74) is 2.04. The van der Waals surface area contributed by atoms with Crippen LogP contribution >= 0.6 is 0 Å². The van der Waals surface area contributed by atoms with Crippen LogP contribution in [0.2, 0.25) is 18.1 Å². The molecule has 0 aromatic heterocycles. The van der Waals surface area contributed by atoms with Crippen molar-refractivity contribution >= 4 is 31.2 Å². The maximum atomic E-state index is 14.0. The van der Waals surface area contributed by atoms with Crippen molar-refractivity contribution in [2.24, 2.45) is 0 Å². The molecule has 3 aromatic carbocycles. The van der Waals surface area contributed by atoms with Crippen LogP contribution in [0.15, 0.2) is 30.3 Å². The van der Waals surface area contributed by atoms with E-state index in [4.69, 9.17) is 13.9 Å². The summed E-state index contributed by atoms with van der Waals surface area (Å²) in [6, 6.07) is 9.05. The summed E-state index contributed by atoms with van der Waals surface area (Å²) < 4.78 is 18.2. The van der Waals surface area contributed by atoms with Gasteiger partial charge in [-0.25, -0.2) is 0 Å². The van der Waals surface area contributed by atoms with E-state index in [1.54, 1.807) is 20.1 Å². The summed E-state index contributed by atoms with van der Waals surface area (Å²) in [5, 5.41) is 33.2. The van der Waals surface area contributed by atoms with Crippen LogP contribution in [0.25, 0.3) is 10.8 Å². The van der Waals surface area contributed by atoms with Crippen LogP contribution in [0, 0.1) is 6.92 Å². The third kappa shape index (κ3) is 5.14. The van der Waals surface area contributed by atoms with Crippen LogP contribution < -0.4 is 4.74 Å². The number of rotatable bonds is 8. The number of aryl methyl sites for hydroxylation is 1. The van der Waals surface area contributed by atoms with Crippen molar-refractivity contribution in [1.82, 2.24) is 0 Å². The molecule has 1 aliphatic rings. The number of benzene rings is 3. The van der Waals surface area contributed by atoms with Gasteiger partial charge in [0, 0.05) is 12.0 Å². The summed E-state index contributed by atoms with van der Waals surface area (Å²) in [6.07, 6.45) is -0.894. The van der Waals surface area contributed by atoms with Gasteiger partial charge in [0.05, 0.1) is 42.9 Å². The Morgan fingerprint density at radius 1 is 1.07 bits per heavy atom. The van der Waals surface area contributed by atoms with E-state index in [9.17, 15) is 24.9 Å². The number of ketones is 1. The van der Waals surface area contributed by atoms with Gasteiger partial charge in [0.2, 0.25) is 0 Å². The first-order valence-electron chi connectivity index (χ1n) is 13.3. The predicted octanol–water partition coefficient (Wildman–Crippen LogP) is 6.11. The SMILES string of the molecule is COc1ccc(CO[C@H]2C[C@H](O[Si](C)(C)C(C)(C)C)C(=O)c3c2c(CO)c2cc(C)c(C=O)c(O)c2c3O)cc1. The predicted molar refractivity (Wildman–Crippen MR) is 155 cm³/mol. The maximum Gasteiger partial charge on any atom is 0.194 e. The Balaban J connectivity index is 1.91. The molecule has 0 saturated carbocycles. The highest BCUT2D eigenvalue weighted by molar-refractivity contribution is 6.74. The first-order valence-corrected chi connectivity index (χ1v) is 16.2. The van der Waals surface area contributed by atoms with Crippen molar-refractivity contribution in [3.05, 3.63) is 63.7 Å². The molecule has 8 nitrogen and oxygen atoms in total. The lowest BCUT2D eigenvalue weighted by Gasteiger charge is -2.41. The molecule has 3 aromatic rings. The Labute approximate surface area is 235 Å². The van der Waals surface area contributed by atoms with Gasteiger partial charge < -0.3 is 29.2 Å². The first-order chi connectivity index (χ1) is 18.7. The molecule has 0 spiro atoms. The standard InChI is InChI=1S/C31H38O8Si/c1-17-12-20-22(15-33)25-23(38-16-18-8-10-19(37-5)11-9-18)13-24(39-40(6,7)31(2,3)4)29(35)27(25)30(36)26(20)28(34)21(17)14-32/h8-12,14,23-24,33-34,36H,13,15-16H2,1-7H3/t23-,24-/m0/s1. The molecular weight excluding hydrogens is 528 g/mol. The molecule has 0 heterocycles. The number of Topliss-reactive ketones (excluding diaryl/α,β-unsaturated/α-hetero) is 1. The molecule has 0 saturated heterocycles. The number of fused-ring (bicyclic) bond motifs is 2. The third-order valence-corrected chi connectivity index (χ3v) is 12.8. The Morgan fingerprint density at radius 3 is 2.27 bits per heavy atom. The highest BCUT2D eigenvalue weighted by Crippen LogP contribution is 2.50. The van der Waals surface area contributed by atoms with E-state index in [1.165, 1.54) is 0 Å². The number of ether oxygens (including phenoxy) is 2. The Kier molecular flexibility index (Phi) is 8.15. The van der Waals surface area contributed by atoms with Crippen molar-refractivity contribution in [1.29, 1.82) is 0 Å². The summed E-state index contributed by atoms with van der Waals surface area (Å²) in [4.78, 5) is 25.7. The van der Waals surface area contributed by atoms with E-state index in [0.717, 1.165) is 5.56 Å². The summed E-state index contributed by atoms with van der Waals surface area (Å²) in [7, 11) is -0.833. The highest BCUT2D eigenvalue weighted by atomic mass is 28.4. The van der Waals surface area contributed by atoms with E-state index >= 15 is 0 Å². The van der Waals surface area contributed by atoms with E-state index < -0.39 is 44.4 Å². The normalized spacial score (nSPS) is 17.6. The number of methoxy groups -OCH3 is 1. The van der Waals surface area contributed by atoms with Crippen LogP contribution in [-0.4, -0.2) is 48.9 Å². The van der Waals surface area contributed by atoms with Crippen molar-refractivity contribution < 1.29 is 38.8 Å². The van der Waals surface area contributed by atoms with Crippen molar-refractivity contribution in [3.63, 3.8) is 0 Å². The van der Waals surface area contributed by atoms with E-state index in [0.29, 0.717) is 34.1 Å². The molecule has 0 bridgehead atoms. The van der Waals surface area contributed by atoms with Gasteiger partial charge in [0.25, 0.3) is 0 Å². The van der Waals surface area contributed by atoms with Gasteiger partial charge in [0.1, 0.15) is 23.4 Å². The number of carbonyl (C=O) groups excluding carboxylic acids is 2. The second-order valence-corrected chi connectivity index (χ2v) is 16.6. The van der Waals surface area contributed by atoms with Gasteiger partial charge >= 0.3 is 0 Å². The zero-order valence-electron chi connectivity index (χ0n) is 24.1. The van der Waals surface area contributed by atoms with E-state index in [-0.39, 0.29) is 34.6 Å². The van der Waals surface area contributed by atoms with Crippen LogP contribution in [0.1, 0.15) is 76.3 Å². The van der Waals surface area contributed by atoms with Crippen LogP contribution in [0.5, 0.6) is 17.2 Å². The minimum Gasteiger partial charge on any atom is -0.506 e. The number of hydrogen-bond acceptors (Lipinski definition) is 8. The number of phenolic OH excluding ortho intramolecular Hbond substituents is 2. The number of hydrogen-bond donors (Lipinski definition) is 3. The Bertz CT molecular complexity index is 1450. The summed E-state index contributed by atoms with van der Waals surface area (Å²) in [6.45, 7) is 11.7. The molecule has 0 amide bonds. The smallest absolute Gasteiger partial charge is 0.194 e. The fourth-order valence-electron chi connectivity index (χ4n) is 5.05. The van der Waals surface area contributed by atoms with Crippen molar-refractivity contribution in [3.8, 4) is 17.2 Å². The van der Waals surface area contributed by atoms with Gasteiger partial charge in [-0.1, -0.05) is 32.9 Å². The second kappa shape index (κ2) is 11.0. The van der Waals surface area contributed by atoms with Crippen LogP contribution in [-0.2, 0) is 22.4 Å². The Hall–Kier alpha value is -3.24. The quantitative estimate of drug-likeness (QED) is 0.221. The van der Waals surface area contributed by atoms with E-state index in [2.05, 4.69) is 20.8 Å². The minimum atomic E-state index is -2.43. The molecule has 4 rings (SSSR count). The lowest BCUT2D eigenvalue weighted by Crippen LogP contribution is -2.48. The average molecular weight is 567 g/mol. The van der Waals surface area contributed by atoms with E-state index in [1.807, 2.05) is 37.4 Å². The fourth-order valence-corrected chi connectivity index (χ4v) is 6.32. The monoisotopic (exact) mass is 566 g/mol. The minimum absolute atomic E-state index is 0.0104. The molecule has 9 heteroatoms. The molecular formula is C31H38O8Si. The molecule has 214 valence electrons. The lowest BCUT2D eigenvalue weighted by molar-refractivity contribution is -0.000334. The molecule has 0 radical (unpaired) electrons. The molecule has 3 N–H and O–H groups in total. The molecule has 40 heavy (non-hydrogen) atoms. The first kappa shape index (κ1) is 29.7. The molecule has 2 atom stereocenters. The average Bonchev–Trinajstić information content (AvgIpc) is 2.89. The number of aliphatic hydroxyl groups excluding tert-OH is 1. The van der Waals surface area contributed by atoms with Crippen LogP contribution in [0.4, 0.5) is 0 Å². The van der Waals surface area contributed by atoms with Gasteiger partial charge in [-0.05, 0) is 65.3 Å². The molecule has 0 unspecified atom stereocenters. The maximum absolute atomic E-state index is 14.0. The zero-order chi connectivity index (χ0) is 29.6. The molecule has 0 fully saturated rings. The number of aldehydes is 1. The largest absolute Gasteiger partial charge is 0.506 e. The van der Waals surface area contributed by atoms with Crippen molar-refractivity contribution in [2.75, 3.05) is 7.11 Å². The molecule has 1 aliphatic carbocycles. The summed E-state index contributed by atoms with van der Waals surface area (Å²) in [5.74, 6) is -0.611. The number of aliphatic hydroxyl groups is 1. The zero-order valence-corrected chi connectivity index (χ0v) is 25.1. The number of carbonyl (C=O) groups is 2. The number of phenols is 2. The lowest BCUT2D eigenvalue weighted by atomic mass is 9.79. The highest BCUT2D eigenvalue weighted by Gasteiger charge is 2.46. The topological polar surface area (TPSA) is 123 Å². The number of aromatic hydroxyl groups is 2. The van der Waals surface area contributed by atoms with Crippen LogP contribution in [0.3, 0.4) is 0 Å². The summed E-state index contributed by atoms with van der Waals surface area (Å²) >= 11 is 0. The molecule has 0 aliphatic heterocycles.